The molecule has 0 saturated heterocycles. The van der Waals surface area contributed by atoms with Crippen LogP contribution in [0.5, 0.6) is 0 Å². The van der Waals surface area contributed by atoms with E-state index in [4.69, 9.17) is 6.42 Å². The van der Waals surface area contributed by atoms with Crippen molar-refractivity contribution in [1.29, 1.82) is 0 Å². The van der Waals surface area contributed by atoms with Gasteiger partial charge in [0.15, 0.2) is 0 Å². The van der Waals surface area contributed by atoms with E-state index in [9.17, 15) is 0 Å². The molecule has 0 bridgehead atoms. The molecule has 0 saturated carbocycles. The average Bonchev–Trinajstić information content (AvgIpc) is 1.97. The highest BCUT2D eigenvalue weighted by Crippen LogP contribution is 1.89. The molecule has 0 rings (SSSR count). The first-order chi connectivity index (χ1) is 4.91. The van der Waals surface area contributed by atoms with Crippen LogP contribution in [-0.2, 0) is 0 Å². The van der Waals surface area contributed by atoms with Crippen molar-refractivity contribution in [3.8, 4) is 36.0 Å². The van der Waals surface area contributed by atoms with Crippen LogP contribution in [0.25, 0.3) is 0 Å². The molecule has 0 heteroatoms. The summed E-state index contributed by atoms with van der Waals surface area (Å²) >= 11 is 0. The van der Waals surface area contributed by atoms with Crippen molar-refractivity contribution >= 4 is 0 Å². The maximum atomic E-state index is 4.88. The van der Waals surface area contributed by atoms with Gasteiger partial charge in [0.1, 0.15) is 0 Å². The van der Waals surface area contributed by atoms with Crippen LogP contribution in [-0.4, -0.2) is 0 Å². The molecule has 0 heterocycles. The predicted molar refractivity (Wildman–Crippen MR) is 43.9 cm³/mol. The second kappa shape index (κ2) is 7.68. The Morgan fingerprint density at radius 2 is 2.00 bits per heavy atom. The van der Waals surface area contributed by atoms with E-state index in [-0.39, 0.29) is 0 Å². The molecule has 0 fully saturated rings. The molecular formula is C10H10. The molecule has 0 amide bonds. The molecule has 0 N–H and O–H groups in total. The Balaban J connectivity index is 3.43. The van der Waals surface area contributed by atoms with Gasteiger partial charge in [-0.2, -0.15) is 0 Å². The normalized spacial score (nSPS) is 6.00. The van der Waals surface area contributed by atoms with Gasteiger partial charge in [-0.05, 0) is 30.1 Å². The standard InChI is InChI=1S/C10H10/c1-3-5-7-9-10-8-6-4-2/h1H,4,6,8H2,2H3. The number of terminal acetylenes is 1. The Morgan fingerprint density at radius 3 is 2.60 bits per heavy atom. The maximum absolute atomic E-state index is 4.88. The van der Waals surface area contributed by atoms with Crippen molar-refractivity contribution in [1.82, 2.24) is 0 Å². The van der Waals surface area contributed by atoms with Gasteiger partial charge in [0, 0.05) is 6.42 Å². The Bertz CT molecular complexity index is 219. The zero-order chi connectivity index (χ0) is 7.66. The molecule has 0 atom stereocenters. The van der Waals surface area contributed by atoms with Gasteiger partial charge in [-0.1, -0.05) is 19.3 Å². The summed E-state index contributed by atoms with van der Waals surface area (Å²) in [6.45, 7) is 2.13. The Kier molecular flexibility index (Phi) is 6.67. The zero-order valence-electron chi connectivity index (χ0n) is 6.20. The number of hydrogen-bond donors (Lipinski definition) is 0. The minimum atomic E-state index is 0.926. The lowest BCUT2D eigenvalue weighted by Crippen LogP contribution is -1.65. The van der Waals surface area contributed by atoms with E-state index in [0.717, 1.165) is 12.8 Å². The molecule has 0 aromatic carbocycles. The van der Waals surface area contributed by atoms with Crippen LogP contribution in [0.4, 0.5) is 0 Å². The molecule has 0 aromatic rings. The van der Waals surface area contributed by atoms with E-state index in [2.05, 4.69) is 36.5 Å². The van der Waals surface area contributed by atoms with Crippen LogP contribution in [0, 0.1) is 36.0 Å². The fourth-order valence-corrected chi connectivity index (χ4v) is 0.439. The summed E-state index contributed by atoms with van der Waals surface area (Å²) in [7, 11) is 0. The summed E-state index contributed by atoms with van der Waals surface area (Å²) in [5.74, 6) is 12.7. The first kappa shape index (κ1) is 8.68. The molecule has 0 nitrogen and oxygen atoms in total. The van der Waals surface area contributed by atoms with Crippen LogP contribution in [0.2, 0.25) is 0 Å². The lowest BCUT2D eigenvalue weighted by Gasteiger charge is -1.80. The maximum Gasteiger partial charge on any atom is 0.00988 e. The highest BCUT2D eigenvalue weighted by Gasteiger charge is 1.73. The summed E-state index contributed by atoms with van der Waals surface area (Å²) in [5.41, 5.74) is 0. The van der Waals surface area contributed by atoms with Gasteiger partial charge >= 0.3 is 0 Å². The van der Waals surface area contributed by atoms with Crippen LogP contribution < -0.4 is 0 Å². The van der Waals surface area contributed by atoms with Gasteiger partial charge in [-0.3, -0.25) is 0 Å². The van der Waals surface area contributed by atoms with Crippen molar-refractivity contribution in [2.24, 2.45) is 0 Å². The molecule has 0 aliphatic carbocycles. The monoisotopic (exact) mass is 130 g/mol. The van der Waals surface area contributed by atoms with Gasteiger partial charge in [0.05, 0.1) is 0 Å². The summed E-state index contributed by atoms with van der Waals surface area (Å²) < 4.78 is 0. The first-order valence-corrected chi connectivity index (χ1v) is 3.35. The smallest absolute Gasteiger partial charge is 0.00988 e. The zero-order valence-corrected chi connectivity index (χ0v) is 6.20. The lowest BCUT2D eigenvalue weighted by atomic mass is 10.2. The highest BCUT2D eigenvalue weighted by molar-refractivity contribution is 5.33. The minimum absolute atomic E-state index is 0.926. The van der Waals surface area contributed by atoms with E-state index in [0.29, 0.717) is 0 Å². The van der Waals surface area contributed by atoms with Crippen molar-refractivity contribution in [2.45, 2.75) is 26.2 Å². The van der Waals surface area contributed by atoms with Gasteiger partial charge in [-0.25, -0.2) is 0 Å². The molecule has 0 spiro atoms. The number of hydrogen-bond acceptors (Lipinski definition) is 0. The molecule has 0 radical (unpaired) electrons. The van der Waals surface area contributed by atoms with Crippen molar-refractivity contribution in [3.05, 3.63) is 0 Å². The Morgan fingerprint density at radius 1 is 1.20 bits per heavy atom. The van der Waals surface area contributed by atoms with Crippen molar-refractivity contribution < 1.29 is 0 Å². The highest BCUT2D eigenvalue weighted by atomic mass is 13.8. The number of rotatable bonds is 2. The summed E-state index contributed by atoms with van der Waals surface area (Å²) in [6, 6.07) is 0. The molecular weight excluding hydrogens is 120 g/mol. The van der Waals surface area contributed by atoms with Crippen molar-refractivity contribution in [2.75, 3.05) is 0 Å². The van der Waals surface area contributed by atoms with Gasteiger partial charge < -0.3 is 0 Å². The Hall–Kier alpha value is -1.32. The Labute approximate surface area is 63.0 Å². The first-order valence-electron chi connectivity index (χ1n) is 3.35. The van der Waals surface area contributed by atoms with Gasteiger partial charge in [-0.15, -0.1) is 6.42 Å². The third-order valence-electron chi connectivity index (χ3n) is 0.941. The average molecular weight is 130 g/mol. The van der Waals surface area contributed by atoms with E-state index < -0.39 is 0 Å². The fraction of sp³-hybridized carbons (Fsp3) is 0.400. The van der Waals surface area contributed by atoms with E-state index >= 15 is 0 Å². The third-order valence-corrected chi connectivity index (χ3v) is 0.941. The largest absolute Gasteiger partial charge is 0.106 e. The minimum Gasteiger partial charge on any atom is -0.106 e. The number of unbranched alkanes of at least 4 members (excludes halogenated alkanes) is 2. The molecule has 0 aliphatic rings. The molecule has 50 valence electrons. The molecule has 0 unspecified atom stereocenters. The quantitative estimate of drug-likeness (QED) is 0.395. The van der Waals surface area contributed by atoms with E-state index in [1.54, 1.807) is 0 Å². The topological polar surface area (TPSA) is 0 Å². The fourth-order valence-electron chi connectivity index (χ4n) is 0.439. The van der Waals surface area contributed by atoms with Crippen LogP contribution in [0.1, 0.15) is 26.2 Å². The van der Waals surface area contributed by atoms with Gasteiger partial charge in [0.2, 0.25) is 0 Å². The van der Waals surface area contributed by atoms with Crippen molar-refractivity contribution in [3.63, 3.8) is 0 Å². The summed E-state index contributed by atoms with van der Waals surface area (Å²) in [4.78, 5) is 0. The predicted octanol–water partition coefficient (Wildman–Crippen LogP) is 1.82. The molecule has 10 heavy (non-hydrogen) atoms. The van der Waals surface area contributed by atoms with Crippen LogP contribution >= 0.6 is 0 Å². The van der Waals surface area contributed by atoms with Crippen LogP contribution in [0.15, 0.2) is 0 Å². The summed E-state index contributed by atoms with van der Waals surface area (Å²) in [5, 5.41) is 0. The molecule has 0 aromatic heterocycles. The van der Waals surface area contributed by atoms with Gasteiger partial charge in [0.25, 0.3) is 0 Å². The lowest BCUT2D eigenvalue weighted by molar-refractivity contribution is 0.828. The van der Waals surface area contributed by atoms with E-state index in [1.807, 2.05) is 0 Å². The van der Waals surface area contributed by atoms with E-state index in [1.165, 1.54) is 6.42 Å². The third kappa shape index (κ3) is 6.68. The molecule has 0 aliphatic heterocycles. The van der Waals surface area contributed by atoms with Crippen LogP contribution in [0.3, 0.4) is 0 Å². The second-order valence-electron chi connectivity index (χ2n) is 1.80. The SMILES string of the molecule is C#CC#CC#CCCCC. The summed E-state index contributed by atoms with van der Waals surface area (Å²) in [6.07, 6.45) is 8.13. The second-order valence-corrected chi connectivity index (χ2v) is 1.80.